The Morgan fingerprint density at radius 3 is 3.12 bits per heavy atom. The zero-order valence-electron chi connectivity index (χ0n) is 7.98. The molecule has 1 N–H and O–H groups in total. The number of halogens is 1. The number of aromatic amines is 1. The van der Waals surface area contributed by atoms with Gasteiger partial charge in [0.25, 0.3) is 0 Å². The molecule has 80 valence electrons. The molecule has 0 bridgehead atoms. The summed E-state index contributed by atoms with van der Waals surface area (Å²) in [4.78, 5) is 7.39. The molecule has 0 saturated carbocycles. The van der Waals surface area contributed by atoms with Gasteiger partial charge in [0, 0.05) is 11.6 Å². The molecule has 0 aliphatic carbocycles. The number of hydrogen-bond donors (Lipinski definition) is 1. The van der Waals surface area contributed by atoms with E-state index >= 15 is 0 Å². The number of nitrogens with zero attached hydrogens (tertiary/aromatic N) is 2. The number of thiophene rings is 1. The van der Waals surface area contributed by atoms with Crippen molar-refractivity contribution in [1.82, 2.24) is 14.5 Å². The first-order valence-electron chi connectivity index (χ1n) is 4.54. The molecule has 0 saturated heterocycles. The van der Waals surface area contributed by atoms with E-state index < -0.39 is 0 Å². The first kappa shape index (κ1) is 10.0. The summed E-state index contributed by atoms with van der Waals surface area (Å²) in [5.41, 5.74) is 2.67. The topological polar surface area (TPSA) is 33.6 Å². The van der Waals surface area contributed by atoms with E-state index in [1.54, 1.807) is 17.5 Å². The summed E-state index contributed by atoms with van der Waals surface area (Å²) >= 11 is 12.8. The Morgan fingerprint density at radius 2 is 2.38 bits per heavy atom. The Morgan fingerprint density at radius 1 is 1.50 bits per heavy atom. The van der Waals surface area contributed by atoms with Gasteiger partial charge >= 0.3 is 0 Å². The van der Waals surface area contributed by atoms with Gasteiger partial charge in [0.15, 0.2) is 10.4 Å². The average molecular weight is 268 g/mol. The molecular formula is C10H6ClN3S2. The third-order valence-corrected chi connectivity index (χ3v) is 3.42. The summed E-state index contributed by atoms with van der Waals surface area (Å²) in [6.07, 6.45) is 1.62. The molecule has 0 fully saturated rings. The molecule has 0 atom stereocenters. The van der Waals surface area contributed by atoms with E-state index in [4.69, 9.17) is 23.8 Å². The fourth-order valence-electron chi connectivity index (χ4n) is 1.59. The van der Waals surface area contributed by atoms with Gasteiger partial charge < -0.3 is 4.98 Å². The highest BCUT2D eigenvalue weighted by Crippen LogP contribution is 2.21. The van der Waals surface area contributed by atoms with Crippen molar-refractivity contribution in [2.45, 2.75) is 0 Å². The molecule has 0 amide bonds. The van der Waals surface area contributed by atoms with Gasteiger partial charge in [-0.05, 0) is 29.7 Å². The first-order chi connectivity index (χ1) is 7.75. The number of imidazole rings is 1. The summed E-state index contributed by atoms with van der Waals surface area (Å²) in [5.74, 6) is 0. The summed E-state index contributed by atoms with van der Waals surface area (Å²) in [6.45, 7) is 0. The van der Waals surface area contributed by atoms with E-state index in [2.05, 4.69) is 9.97 Å². The molecular weight excluding hydrogens is 262 g/mol. The number of fused-ring (bicyclic) bond motifs is 1. The lowest BCUT2D eigenvalue weighted by atomic mass is 10.4. The van der Waals surface area contributed by atoms with Crippen molar-refractivity contribution in [1.29, 1.82) is 0 Å². The molecule has 0 aliphatic rings. The van der Waals surface area contributed by atoms with Crippen molar-refractivity contribution in [2.75, 3.05) is 0 Å². The molecule has 3 rings (SSSR count). The van der Waals surface area contributed by atoms with Gasteiger partial charge in [0.1, 0.15) is 0 Å². The highest BCUT2D eigenvalue weighted by Gasteiger charge is 2.08. The zero-order chi connectivity index (χ0) is 11.1. The number of pyridine rings is 1. The number of aromatic nitrogens is 3. The van der Waals surface area contributed by atoms with Crippen LogP contribution in [-0.2, 0) is 0 Å². The van der Waals surface area contributed by atoms with E-state index in [1.807, 2.05) is 27.5 Å². The maximum Gasteiger partial charge on any atom is 0.184 e. The normalized spacial score (nSPS) is 11.1. The summed E-state index contributed by atoms with van der Waals surface area (Å²) in [5, 5.41) is 4.63. The minimum absolute atomic E-state index is 0.598. The third-order valence-electron chi connectivity index (χ3n) is 2.25. The van der Waals surface area contributed by atoms with Crippen LogP contribution in [0.5, 0.6) is 0 Å². The number of nitrogens with one attached hydrogen (secondary N) is 1. The van der Waals surface area contributed by atoms with Crippen molar-refractivity contribution >= 4 is 46.3 Å². The van der Waals surface area contributed by atoms with Gasteiger partial charge in [0.2, 0.25) is 0 Å². The maximum atomic E-state index is 5.88. The quantitative estimate of drug-likeness (QED) is 0.681. The highest BCUT2D eigenvalue weighted by atomic mass is 35.5. The SMILES string of the molecule is S=c1[nH]c2cc(Cl)cnc2n1-c1ccsc1. The van der Waals surface area contributed by atoms with Crippen LogP contribution in [0.2, 0.25) is 5.02 Å². The van der Waals surface area contributed by atoms with Crippen molar-refractivity contribution in [3.05, 3.63) is 38.9 Å². The van der Waals surface area contributed by atoms with E-state index in [0.29, 0.717) is 9.79 Å². The molecule has 3 heterocycles. The second kappa shape index (κ2) is 3.69. The van der Waals surface area contributed by atoms with Crippen molar-refractivity contribution < 1.29 is 0 Å². The monoisotopic (exact) mass is 267 g/mol. The molecule has 3 nitrogen and oxygen atoms in total. The highest BCUT2D eigenvalue weighted by molar-refractivity contribution is 7.71. The second-order valence-electron chi connectivity index (χ2n) is 3.27. The van der Waals surface area contributed by atoms with Crippen LogP contribution in [0.1, 0.15) is 0 Å². The Labute approximate surface area is 105 Å². The van der Waals surface area contributed by atoms with Crippen LogP contribution in [0.25, 0.3) is 16.9 Å². The fourth-order valence-corrected chi connectivity index (χ4v) is 2.67. The third kappa shape index (κ3) is 1.48. The van der Waals surface area contributed by atoms with Crippen LogP contribution >= 0.6 is 35.2 Å². The standard InChI is InChI=1S/C10H6ClN3S2/c11-6-3-8-9(12-4-6)14(10(15)13-8)7-1-2-16-5-7/h1-5H,(H,13,15). The predicted molar refractivity (Wildman–Crippen MR) is 69.1 cm³/mol. The van der Waals surface area contributed by atoms with Crippen LogP contribution in [0, 0.1) is 4.77 Å². The molecule has 0 aromatic carbocycles. The van der Waals surface area contributed by atoms with E-state index in [0.717, 1.165) is 16.9 Å². The average Bonchev–Trinajstić information content (AvgIpc) is 2.83. The van der Waals surface area contributed by atoms with E-state index in [9.17, 15) is 0 Å². The lowest BCUT2D eigenvalue weighted by Crippen LogP contribution is -1.92. The molecule has 0 spiro atoms. The Kier molecular flexibility index (Phi) is 2.31. The minimum Gasteiger partial charge on any atom is -0.329 e. The van der Waals surface area contributed by atoms with Crippen LogP contribution in [0.15, 0.2) is 29.1 Å². The summed E-state index contributed by atoms with van der Waals surface area (Å²) < 4.78 is 2.53. The van der Waals surface area contributed by atoms with Crippen LogP contribution in [-0.4, -0.2) is 14.5 Å². The molecule has 3 aromatic rings. The fraction of sp³-hybridized carbons (Fsp3) is 0. The summed E-state index contributed by atoms with van der Waals surface area (Å²) in [6, 6.07) is 3.83. The molecule has 6 heteroatoms. The van der Waals surface area contributed by atoms with Gasteiger partial charge in [-0.25, -0.2) is 4.98 Å². The molecule has 0 unspecified atom stereocenters. The van der Waals surface area contributed by atoms with Crippen LogP contribution < -0.4 is 0 Å². The van der Waals surface area contributed by atoms with Gasteiger partial charge in [-0.3, -0.25) is 4.57 Å². The predicted octanol–water partition coefficient (Wildman–Crippen LogP) is 3.80. The molecule has 3 aromatic heterocycles. The van der Waals surface area contributed by atoms with Crippen molar-refractivity contribution in [2.24, 2.45) is 0 Å². The van der Waals surface area contributed by atoms with Crippen LogP contribution in [0.4, 0.5) is 0 Å². The number of rotatable bonds is 1. The minimum atomic E-state index is 0.598. The van der Waals surface area contributed by atoms with E-state index in [-0.39, 0.29) is 0 Å². The molecule has 16 heavy (non-hydrogen) atoms. The summed E-state index contributed by atoms with van der Waals surface area (Å²) in [7, 11) is 0. The maximum absolute atomic E-state index is 5.88. The Bertz CT molecular complexity index is 696. The zero-order valence-corrected chi connectivity index (χ0v) is 10.4. The van der Waals surface area contributed by atoms with Gasteiger partial charge in [-0.1, -0.05) is 11.6 Å². The largest absolute Gasteiger partial charge is 0.329 e. The number of H-pyrrole nitrogens is 1. The van der Waals surface area contributed by atoms with Gasteiger partial charge in [0.05, 0.1) is 16.2 Å². The second-order valence-corrected chi connectivity index (χ2v) is 4.87. The Balaban J connectivity index is 2.41. The molecule has 0 aliphatic heterocycles. The molecule has 0 radical (unpaired) electrons. The van der Waals surface area contributed by atoms with Gasteiger partial charge in [-0.15, -0.1) is 0 Å². The number of hydrogen-bond acceptors (Lipinski definition) is 3. The lowest BCUT2D eigenvalue weighted by molar-refractivity contribution is 1.05. The van der Waals surface area contributed by atoms with E-state index in [1.165, 1.54) is 0 Å². The van der Waals surface area contributed by atoms with Gasteiger partial charge in [-0.2, -0.15) is 11.3 Å². The van der Waals surface area contributed by atoms with Crippen molar-refractivity contribution in [3.63, 3.8) is 0 Å². The first-order valence-corrected chi connectivity index (χ1v) is 6.27. The smallest absolute Gasteiger partial charge is 0.184 e. The lowest BCUT2D eigenvalue weighted by Gasteiger charge is -1.99. The van der Waals surface area contributed by atoms with Crippen molar-refractivity contribution in [3.8, 4) is 5.69 Å². The Hall–Kier alpha value is -1.17. The van der Waals surface area contributed by atoms with Crippen LogP contribution in [0.3, 0.4) is 0 Å².